The molecule has 25 heavy (non-hydrogen) atoms. The summed E-state index contributed by atoms with van der Waals surface area (Å²) in [5.74, 6) is 2.12. The van der Waals surface area contributed by atoms with Crippen LogP contribution in [0.3, 0.4) is 0 Å². The fraction of sp³-hybridized carbons (Fsp3) is 0.150. The van der Waals surface area contributed by atoms with E-state index in [0.717, 1.165) is 17.0 Å². The highest BCUT2D eigenvalue weighted by molar-refractivity contribution is 5.94. The molecule has 126 valence electrons. The molecule has 1 aliphatic heterocycles. The number of carbonyl (C=O) groups excluding carboxylic acids is 1. The number of rotatable bonds is 5. The van der Waals surface area contributed by atoms with Crippen molar-refractivity contribution in [2.24, 2.45) is 0 Å². The van der Waals surface area contributed by atoms with Gasteiger partial charge in [-0.1, -0.05) is 24.3 Å². The maximum absolute atomic E-state index is 13.0. The van der Waals surface area contributed by atoms with Gasteiger partial charge in [-0.2, -0.15) is 0 Å². The maximum Gasteiger partial charge on any atom is 0.231 e. The molecule has 2 heterocycles. The van der Waals surface area contributed by atoms with Crippen LogP contribution >= 0.6 is 0 Å². The minimum Gasteiger partial charge on any atom is -0.467 e. The molecule has 0 aliphatic carbocycles. The van der Waals surface area contributed by atoms with Gasteiger partial charge in [-0.05, 0) is 42.0 Å². The Bertz CT molecular complexity index is 859. The van der Waals surface area contributed by atoms with E-state index in [4.69, 9.17) is 13.9 Å². The van der Waals surface area contributed by atoms with Gasteiger partial charge in [0.15, 0.2) is 11.5 Å². The molecular weight excluding hydrogens is 318 g/mol. The van der Waals surface area contributed by atoms with Crippen LogP contribution in [-0.4, -0.2) is 12.7 Å². The molecule has 1 aliphatic rings. The van der Waals surface area contributed by atoms with E-state index in [1.165, 1.54) is 0 Å². The standard InChI is InChI=1S/C20H17NO4/c22-20(12-15-8-9-18-19(11-15)25-14-24-18)21(13-17-7-4-10-23-17)16-5-2-1-3-6-16/h1-11H,12-14H2. The summed E-state index contributed by atoms with van der Waals surface area (Å²) in [5, 5.41) is 0. The maximum atomic E-state index is 13.0. The highest BCUT2D eigenvalue weighted by Crippen LogP contribution is 2.33. The lowest BCUT2D eigenvalue weighted by Crippen LogP contribution is -2.31. The van der Waals surface area contributed by atoms with Crippen LogP contribution in [0.2, 0.25) is 0 Å². The Morgan fingerprint density at radius 3 is 2.60 bits per heavy atom. The lowest BCUT2D eigenvalue weighted by molar-refractivity contribution is -0.118. The van der Waals surface area contributed by atoms with Crippen molar-refractivity contribution in [3.63, 3.8) is 0 Å². The zero-order chi connectivity index (χ0) is 17.1. The van der Waals surface area contributed by atoms with Crippen LogP contribution in [0.15, 0.2) is 71.3 Å². The number of amides is 1. The summed E-state index contributed by atoms with van der Waals surface area (Å²) in [7, 11) is 0. The third-order valence-corrected chi connectivity index (χ3v) is 4.06. The summed E-state index contributed by atoms with van der Waals surface area (Å²) < 4.78 is 16.1. The summed E-state index contributed by atoms with van der Waals surface area (Å²) in [5.41, 5.74) is 1.72. The molecule has 0 radical (unpaired) electrons. The first kappa shape index (κ1) is 15.3. The number of para-hydroxylation sites is 1. The second kappa shape index (κ2) is 6.73. The van der Waals surface area contributed by atoms with Crippen LogP contribution in [-0.2, 0) is 17.8 Å². The molecule has 1 amide bonds. The number of fused-ring (bicyclic) bond motifs is 1. The van der Waals surface area contributed by atoms with Crippen molar-refractivity contribution in [2.45, 2.75) is 13.0 Å². The van der Waals surface area contributed by atoms with Gasteiger partial charge < -0.3 is 18.8 Å². The smallest absolute Gasteiger partial charge is 0.231 e. The van der Waals surface area contributed by atoms with Gasteiger partial charge >= 0.3 is 0 Å². The number of anilines is 1. The Morgan fingerprint density at radius 1 is 0.960 bits per heavy atom. The Labute approximate surface area is 145 Å². The zero-order valence-electron chi connectivity index (χ0n) is 13.6. The van der Waals surface area contributed by atoms with E-state index in [2.05, 4.69) is 0 Å². The fourth-order valence-corrected chi connectivity index (χ4v) is 2.81. The fourth-order valence-electron chi connectivity index (χ4n) is 2.81. The third kappa shape index (κ3) is 3.35. The lowest BCUT2D eigenvalue weighted by atomic mass is 10.1. The number of hydrogen-bond donors (Lipinski definition) is 0. The number of carbonyl (C=O) groups is 1. The van der Waals surface area contributed by atoms with Crippen molar-refractivity contribution >= 4 is 11.6 Å². The quantitative estimate of drug-likeness (QED) is 0.712. The number of furan rings is 1. The average molecular weight is 335 g/mol. The molecule has 5 heteroatoms. The van der Waals surface area contributed by atoms with E-state index in [0.29, 0.717) is 18.0 Å². The van der Waals surface area contributed by atoms with Crippen LogP contribution in [0.1, 0.15) is 11.3 Å². The molecule has 2 aromatic carbocycles. The molecule has 4 rings (SSSR count). The molecule has 1 aromatic heterocycles. The minimum absolute atomic E-state index is 0.0125. The summed E-state index contributed by atoms with van der Waals surface area (Å²) in [6.45, 7) is 0.613. The van der Waals surface area contributed by atoms with Crippen LogP contribution in [0.4, 0.5) is 5.69 Å². The van der Waals surface area contributed by atoms with Gasteiger partial charge in [0, 0.05) is 5.69 Å². The molecule has 0 spiro atoms. The van der Waals surface area contributed by atoms with Gasteiger partial charge in [0.2, 0.25) is 12.7 Å². The van der Waals surface area contributed by atoms with Crippen molar-refractivity contribution in [3.8, 4) is 11.5 Å². The predicted molar refractivity (Wildman–Crippen MR) is 92.6 cm³/mol. The monoisotopic (exact) mass is 335 g/mol. The zero-order valence-corrected chi connectivity index (χ0v) is 13.6. The summed E-state index contributed by atoms with van der Waals surface area (Å²) in [6, 6.07) is 18.9. The number of benzene rings is 2. The van der Waals surface area contributed by atoms with Gasteiger partial charge in [-0.25, -0.2) is 0 Å². The van der Waals surface area contributed by atoms with Gasteiger partial charge in [-0.3, -0.25) is 4.79 Å². The lowest BCUT2D eigenvalue weighted by Gasteiger charge is -2.22. The number of hydrogen-bond acceptors (Lipinski definition) is 4. The molecule has 0 saturated carbocycles. The number of ether oxygens (including phenoxy) is 2. The van der Waals surface area contributed by atoms with Crippen molar-refractivity contribution in [2.75, 3.05) is 11.7 Å². The summed E-state index contributed by atoms with van der Waals surface area (Å²) in [4.78, 5) is 14.7. The van der Waals surface area contributed by atoms with E-state index in [9.17, 15) is 4.79 Å². The molecular formula is C20H17NO4. The molecule has 0 N–H and O–H groups in total. The SMILES string of the molecule is O=C(Cc1ccc2c(c1)OCO2)N(Cc1ccco1)c1ccccc1. The van der Waals surface area contributed by atoms with Gasteiger partial charge in [-0.15, -0.1) is 0 Å². The molecule has 0 unspecified atom stereocenters. The first-order valence-electron chi connectivity index (χ1n) is 8.06. The van der Waals surface area contributed by atoms with E-state index in [-0.39, 0.29) is 19.1 Å². The third-order valence-electron chi connectivity index (χ3n) is 4.06. The van der Waals surface area contributed by atoms with Crippen LogP contribution < -0.4 is 14.4 Å². The molecule has 3 aromatic rings. The topological polar surface area (TPSA) is 51.9 Å². The first-order valence-corrected chi connectivity index (χ1v) is 8.06. The molecule has 0 bridgehead atoms. The Kier molecular flexibility index (Phi) is 4.12. The minimum atomic E-state index is -0.0125. The summed E-state index contributed by atoms with van der Waals surface area (Å²) >= 11 is 0. The molecule has 0 atom stereocenters. The largest absolute Gasteiger partial charge is 0.467 e. The van der Waals surface area contributed by atoms with Gasteiger partial charge in [0.1, 0.15) is 5.76 Å². The van der Waals surface area contributed by atoms with Crippen molar-refractivity contribution in [3.05, 3.63) is 78.3 Å². The normalized spacial score (nSPS) is 12.2. The van der Waals surface area contributed by atoms with Crippen molar-refractivity contribution in [1.29, 1.82) is 0 Å². The molecule has 0 saturated heterocycles. The van der Waals surface area contributed by atoms with Crippen molar-refractivity contribution in [1.82, 2.24) is 0 Å². The highest BCUT2D eigenvalue weighted by Gasteiger charge is 2.20. The molecule has 0 fully saturated rings. The summed E-state index contributed by atoms with van der Waals surface area (Å²) in [6.07, 6.45) is 1.88. The van der Waals surface area contributed by atoms with E-state index >= 15 is 0 Å². The van der Waals surface area contributed by atoms with E-state index in [1.807, 2.05) is 60.7 Å². The first-order chi connectivity index (χ1) is 12.3. The van der Waals surface area contributed by atoms with Gasteiger partial charge in [0.25, 0.3) is 0 Å². The second-order valence-corrected chi connectivity index (χ2v) is 5.76. The van der Waals surface area contributed by atoms with Crippen LogP contribution in [0.5, 0.6) is 11.5 Å². The van der Waals surface area contributed by atoms with Crippen LogP contribution in [0.25, 0.3) is 0 Å². The predicted octanol–water partition coefficient (Wildman–Crippen LogP) is 3.78. The van der Waals surface area contributed by atoms with Crippen molar-refractivity contribution < 1.29 is 18.7 Å². The highest BCUT2D eigenvalue weighted by atomic mass is 16.7. The second-order valence-electron chi connectivity index (χ2n) is 5.76. The van der Waals surface area contributed by atoms with E-state index < -0.39 is 0 Å². The molecule has 5 nitrogen and oxygen atoms in total. The van der Waals surface area contributed by atoms with Gasteiger partial charge in [0.05, 0.1) is 19.2 Å². The average Bonchev–Trinajstić information content (AvgIpc) is 3.31. The van der Waals surface area contributed by atoms with Crippen LogP contribution in [0, 0.1) is 0 Å². The Balaban J connectivity index is 1.57. The van der Waals surface area contributed by atoms with E-state index in [1.54, 1.807) is 11.2 Å². The number of nitrogens with zero attached hydrogens (tertiary/aromatic N) is 1. The Morgan fingerprint density at radius 2 is 1.80 bits per heavy atom. The Hall–Kier alpha value is -3.21.